The molecule has 3 heterocycles. The number of carbonyl (C=O) groups is 7. The molecule has 0 bridgehead atoms. The van der Waals surface area contributed by atoms with Gasteiger partial charge in [0.15, 0.2) is 11.2 Å². The number of ether oxygens (including phenoxy) is 3. The van der Waals surface area contributed by atoms with Crippen LogP contribution in [0.4, 0.5) is 11.6 Å². The van der Waals surface area contributed by atoms with Gasteiger partial charge in [-0.15, -0.1) is 0 Å². The summed E-state index contributed by atoms with van der Waals surface area (Å²) in [6, 6.07) is 5.05. The van der Waals surface area contributed by atoms with E-state index < -0.39 is 35.4 Å². The molecular formula is C48H69GaN11O14-2. The minimum atomic E-state index is -1.26. The first-order valence-corrected chi connectivity index (χ1v) is 24.5. The molecule has 1 saturated heterocycles. The van der Waals surface area contributed by atoms with Crippen molar-refractivity contribution in [3.8, 4) is 0 Å². The predicted molar refractivity (Wildman–Crippen MR) is 267 cm³/mol. The summed E-state index contributed by atoms with van der Waals surface area (Å²) < 4.78 is 16.8. The van der Waals surface area contributed by atoms with Gasteiger partial charge in [-0.3, -0.25) is 48.6 Å². The van der Waals surface area contributed by atoms with E-state index >= 15 is 0 Å². The Bertz CT molecular complexity index is 2290. The van der Waals surface area contributed by atoms with Gasteiger partial charge in [-0.2, -0.15) is 4.98 Å². The molecule has 1 aliphatic rings. The van der Waals surface area contributed by atoms with E-state index in [0.717, 1.165) is 0 Å². The van der Waals surface area contributed by atoms with Gasteiger partial charge in [-0.05, 0) is 63.3 Å². The van der Waals surface area contributed by atoms with Gasteiger partial charge in [0.25, 0.3) is 11.5 Å². The van der Waals surface area contributed by atoms with Crippen LogP contribution in [0.15, 0.2) is 35.3 Å². The number of hydrogen-bond acceptors (Lipinski definition) is 22. The molecule has 3 aromatic rings. The number of amides is 1. The first-order chi connectivity index (χ1) is 35.0. The van der Waals surface area contributed by atoms with Crippen molar-refractivity contribution in [1.82, 2.24) is 44.9 Å². The summed E-state index contributed by atoms with van der Waals surface area (Å²) in [7, 11) is 0. The first-order valence-electron chi connectivity index (χ1n) is 24.5. The van der Waals surface area contributed by atoms with Crippen LogP contribution in [-0.4, -0.2) is 230 Å². The molecule has 1 aliphatic heterocycles. The quantitative estimate of drug-likeness (QED) is 0.0307. The van der Waals surface area contributed by atoms with E-state index in [1.807, 2.05) is 9.80 Å². The van der Waals surface area contributed by atoms with Gasteiger partial charge in [0.05, 0.1) is 69.9 Å². The third-order valence-corrected chi connectivity index (χ3v) is 11.6. The molecule has 0 spiro atoms. The van der Waals surface area contributed by atoms with Crippen molar-refractivity contribution in [3.05, 3.63) is 52.1 Å². The fraction of sp³-hybridized carbons (Fsp3) is 0.604. The van der Waals surface area contributed by atoms with Crippen LogP contribution in [0, 0.1) is 0 Å². The van der Waals surface area contributed by atoms with Crippen molar-refractivity contribution in [2.45, 2.75) is 70.9 Å². The van der Waals surface area contributed by atoms with Gasteiger partial charge >= 0.3 is 5.97 Å². The Hall–Kier alpha value is -5.71. The standard InChI is InChI=1S/C48H71N11O14.Ga/c1-34(60)30-56-14-16-57(17-19-59(33-42(65)66)21-20-58(18-15-56)32-41(63)64)31-39(62)7-3-5-23-72-25-27-73-26-24-71-22-4-2-6-38(61)12-13-40(47(69)70)53-45(67)35-8-10-36(11-9-35)50-28-37-29-51-44-43(52-37)46(68)55-48(49)54-44;/h8-11,29,40,50H,2-7,12-28,30-33H2,1H3,(H,53,67)(H,63,64)(H,65,66)(H,69,70)(H3,49,51,54,55,68);/p-2/t40-;/m0./s1. The van der Waals surface area contributed by atoms with Gasteiger partial charge in [-0.1, -0.05) is 0 Å². The molecule has 3 radical (unpaired) electrons. The number of nitrogens with two attached hydrogens (primary N) is 1. The average Bonchev–Trinajstić information content (AvgIpc) is 3.33. The zero-order valence-corrected chi connectivity index (χ0v) is 44.5. The Morgan fingerprint density at radius 2 is 1.20 bits per heavy atom. The zero-order chi connectivity index (χ0) is 53.0. The largest absolute Gasteiger partial charge is 0.549 e. The van der Waals surface area contributed by atoms with Crippen molar-refractivity contribution >= 4 is 83.8 Å². The number of fused-ring (bicyclic) bond motifs is 1. The number of carboxylic acids is 3. The number of Topliss-reactive ketones (excluding diaryl/α,β-unsaturated/α-hetero) is 3. The van der Waals surface area contributed by atoms with Crippen molar-refractivity contribution in [1.29, 1.82) is 0 Å². The van der Waals surface area contributed by atoms with Crippen molar-refractivity contribution in [2.24, 2.45) is 0 Å². The van der Waals surface area contributed by atoms with Crippen molar-refractivity contribution in [2.75, 3.05) is 129 Å². The number of anilines is 2. The van der Waals surface area contributed by atoms with Crippen LogP contribution in [0.3, 0.4) is 0 Å². The van der Waals surface area contributed by atoms with Crippen LogP contribution < -0.4 is 32.1 Å². The first kappa shape index (κ1) is 62.6. The number of carbonyl (C=O) groups excluding carboxylic acids is 6. The molecule has 25 nitrogen and oxygen atoms in total. The Kier molecular flexibility index (Phi) is 29.4. The molecule has 0 aliphatic carbocycles. The molecule has 1 aromatic carbocycles. The number of nitrogen functional groups attached to an aromatic ring is 1. The molecule has 1 atom stereocenters. The van der Waals surface area contributed by atoms with Gasteiger partial charge in [0.2, 0.25) is 5.95 Å². The smallest absolute Gasteiger partial charge is 0.326 e. The summed E-state index contributed by atoms with van der Waals surface area (Å²) in [6.07, 6.45) is 4.46. The number of H-pyrrole nitrogens is 1. The van der Waals surface area contributed by atoms with E-state index in [9.17, 15) is 53.7 Å². The van der Waals surface area contributed by atoms with Crippen LogP contribution in [0.25, 0.3) is 11.2 Å². The number of benzene rings is 1. The number of rotatable bonds is 33. The number of nitrogens with zero attached hydrogens (tertiary/aromatic N) is 7. The van der Waals surface area contributed by atoms with E-state index in [-0.39, 0.29) is 125 Å². The molecule has 405 valence electrons. The molecule has 4 rings (SSSR count). The number of ketones is 3. The Labute approximate surface area is 442 Å². The Morgan fingerprint density at radius 1 is 0.703 bits per heavy atom. The molecule has 0 saturated carbocycles. The summed E-state index contributed by atoms with van der Waals surface area (Å²) in [5.74, 6) is -4.53. The summed E-state index contributed by atoms with van der Waals surface area (Å²) in [4.78, 5) is 119. The SMILES string of the molecule is CC(=O)CN1CCN(CC(=O)[O-])CCN(CC(=O)[O-])CCN(CC(=O)CCCCOCCOCCOCCCCC(=O)CC[C@H](NC(=O)c2ccc(NCc3cnc4nc(N)[nH]c(=O)c4n3)cc2)C(=O)O)CC1.[Ga]. The van der Waals surface area contributed by atoms with Gasteiger partial charge < -0.3 is 55.5 Å². The topological polar surface area (TPSA) is 348 Å². The fourth-order valence-electron chi connectivity index (χ4n) is 7.73. The number of unbranched alkanes of at least 4 members (excludes halogenated alkanes) is 2. The fourth-order valence-corrected chi connectivity index (χ4v) is 7.73. The number of hydrogen-bond donors (Lipinski definition) is 5. The van der Waals surface area contributed by atoms with E-state index in [0.29, 0.717) is 122 Å². The van der Waals surface area contributed by atoms with Crippen molar-refractivity contribution < 1.29 is 63.1 Å². The molecule has 26 heteroatoms. The van der Waals surface area contributed by atoms with Crippen LogP contribution in [0.1, 0.15) is 74.3 Å². The summed E-state index contributed by atoms with van der Waals surface area (Å²) >= 11 is 0. The van der Waals surface area contributed by atoms with E-state index in [1.165, 1.54) is 25.3 Å². The monoisotopic (exact) mass is 1090 g/mol. The average molecular weight is 1090 g/mol. The van der Waals surface area contributed by atoms with Crippen LogP contribution in [0.2, 0.25) is 0 Å². The van der Waals surface area contributed by atoms with Gasteiger partial charge in [-0.25, -0.2) is 14.8 Å². The summed E-state index contributed by atoms with van der Waals surface area (Å²) in [6.45, 7) is 6.77. The number of aliphatic carboxylic acids is 3. The van der Waals surface area contributed by atoms with E-state index in [2.05, 4.69) is 30.6 Å². The molecular weight excluding hydrogens is 1020 g/mol. The summed E-state index contributed by atoms with van der Waals surface area (Å²) in [5.41, 5.74) is 6.52. The number of aromatic nitrogens is 4. The van der Waals surface area contributed by atoms with Crippen LogP contribution in [-0.2, 0) is 49.5 Å². The molecule has 74 heavy (non-hydrogen) atoms. The summed E-state index contributed by atoms with van der Waals surface area (Å²) in [5, 5.41) is 38.1. The van der Waals surface area contributed by atoms with Gasteiger partial charge in [0.1, 0.15) is 23.4 Å². The predicted octanol–water partition coefficient (Wildman–Crippen LogP) is -2.67. The second-order valence-electron chi connectivity index (χ2n) is 17.7. The minimum absolute atomic E-state index is 0. The third-order valence-electron chi connectivity index (χ3n) is 11.6. The maximum Gasteiger partial charge on any atom is 0.326 e. The number of carboxylic acid groups (broad SMARTS) is 3. The molecule has 2 aromatic heterocycles. The molecule has 1 amide bonds. The van der Waals surface area contributed by atoms with Crippen LogP contribution >= 0.6 is 0 Å². The second-order valence-corrected chi connectivity index (χ2v) is 17.7. The maximum absolute atomic E-state index is 13.0. The van der Waals surface area contributed by atoms with Crippen molar-refractivity contribution in [3.63, 3.8) is 0 Å². The number of aromatic amines is 1. The van der Waals surface area contributed by atoms with Crippen LogP contribution in [0.5, 0.6) is 0 Å². The van der Waals surface area contributed by atoms with Gasteiger partial charge in [0, 0.05) is 129 Å². The zero-order valence-electron chi connectivity index (χ0n) is 42.1. The third kappa shape index (κ3) is 25.5. The Balaban J connectivity index is 0.0000144. The molecule has 1 fully saturated rings. The Morgan fingerprint density at radius 3 is 1.72 bits per heavy atom. The second kappa shape index (κ2) is 34.7. The molecule has 6 N–H and O–H groups in total. The van der Waals surface area contributed by atoms with E-state index in [1.54, 1.807) is 21.9 Å². The molecule has 0 unspecified atom stereocenters. The minimum Gasteiger partial charge on any atom is -0.549 e. The van der Waals surface area contributed by atoms with E-state index in [4.69, 9.17) is 19.9 Å². The maximum atomic E-state index is 13.0. The number of nitrogens with one attached hydrogen (secondary N) is 3. The normalized spacial score (nSPS) is 14.8.